The summed E-state index contributed by atoms with van der Waals surface area (Å²) in [6, 6.07) is 6.34. The van der Waals surface area contributed by atoms with Crippen molar-refractivity contribution in [2.45, 2.75) is 13.3 Å². The first-order valence-electron chi connectivity index (χ1n) is 6.34. The molecule has 0 amide bonds. The van der Waals surface area contributed by atoms with E-state index in [0.29, 0.717) is 5.57 Å². The normalized spacial score (nSPS) is 19.3. The molecule has 1 aliphatic carbocycles. The van der Waals surface area contributed by atoms with E-state index in [1.165, 1.54) is 11.1 Å². The highest BCUT2D eigenvalue weighted by atomic mass is 16.1. The molecule has 0 aromatic heterocycles. The van der Waals surface area contributed by atoms with Crippen molar-refractivity contribution in [3.63, 3.8) is 0 Å². The van der Waals surface area contributed by atoms with Gasteiger partial charge in [-0.15, -0.1) is 0 Å². The molecule has 92 valence electrons. The van der Waals surface area contributed by atoms with E-state index in [1.807, 2.05) is 6.08 Å². The number of hydrogen-bond donors (Lipinski definition) is 1. The smallest absolute Gasteiger partial charge is 0.190 e. The van der Waals surface area contributed by atoms with Gasteiger partial charge in [-0.1, -0.05) is 18.2 Å². The van der Waals surface area contributed by atoms with E-state index in [-0.39, 0.29) is 5.78 Å². The van der Waals surface area contributed by atoms with Gasteiger partial charge in [-0.2, -0.15) is 0 Å². The van der Waals surface area contributed by atoms with E-state index in [4.69, 9.17) is 0 Å². The van der Waals surface area contributed by atoms with Crippen LogP contribution in [0.25, 0.3) is 0 Å². The van der Waals surface area contributed by atoms with E-state index in [0.717, 1.165) is 29.2 Å². The second-order valence-electron chi connectivity index (χ2n) is 5.05. The number of allylic oxidation sites excluding steroid dienone is 5. The average molecular weight is 248 g/mol. The Hall–Kier alpha value is -2.42. The minimum absolute atomic E-state index is 0.0369. The molecule has 1 aromatic rings. The van der Waals surface area contributed by atoms with Crippen LogP contribution in [-0.2, 0) is 11.2 Å². The Morgan fingerprint density at radius 1 is 1.32 bits per heavy atom. The molecule has 2 aliphatic heterocycles. The molecule has 0 saturated carbocycles. The average Bonchev–Trinajstić information content (AvgIpc) is 2.74. The predicted molar refractivity (Wildman–Crippen MR) is 75.2 cm³/mol. The molecule has 1 aromatic carbocycles. The van der Waals surface area contributed by atoms with Gasteiger partial charge in [0.25, 0.3) is 0 Å². The van der Waals surface area contributed by atoms with Crippen LogP contribution in [0.1, 0.15) is 11.1 Å². The van der Waals surface area contributed by atoms with Crippen LogP contribution < -0.4 is 5.32 Å². The third-order valence-corrected chi connectivity index (χ3v) is 3.68. The topological polar surface area (TPSA) is 41.5 Å². The van der Waals surface area contributed by atoms with Gasteiger partial charge in [0.15, 0.2) is 5.78 Å². The van der Waals surface area contributed by atoms with Crippen LogP contribution in [-0.4, -0.2) is 11.5 Å². The summed E-state index contributed by atoms with van der Waals surface area (Å²) in [5, 5.41) is 3.38. The number of fused-ring (bicyclic) bond motifs is 3. The second kappa shape index (κ2) is 3.54. The van der Waals surface area contributed by atoms with Crippen LogP contribution in [0.3, 0.4) is 0 Å². The number of aryl methyl sites for hydroxylation is 1. The molecule has 0 radical (unpaired) electrons. The Balaban J connectivity index is 1.89. The number of nitrogens with zero attached hydrogens (tertiary/aromatic N) is 1. The molecule has 4 rings (SSSR count). The Morgan fingerprint density at radius 2 is 2.21 bits per heavy atom. The van der Waals surface area contributed by atoms with Crippen molar-refractivity contribution in [2.24, 2.45) is 4.99 Å². The fourth-order valence-electron chi connectivity index (χ4n) is 2.75. The van der Waals surface area contributed by atoms with Crippen LogP contribution >= 0.6 is 0 Å². The summed E-state index contributed by atoms with van der Waals surface area (Å²) < 4.78 is 0. The number of aliphatic imine (C=N–C) groups is 1. The maximum Gasteiger partial charge on any atom is 0.190 e. The monoisotopic (exact) mass is 248 g/mol. The lowest BCUT2D eigenvalue weighted by Gasteiger charge is -2.21. The van der Waals surface area contributed by atoms with Gasteiger partial charge in [0.1, 0.15) is 0 Å². The van der Waals surface area contributed by atoms with Crippen LogP contribution in [0, 0.1) is 6.92 Å². The SMILES string of the molecule is Cc1ccc2c(c1)NC1=C3C(=O)C=CC=C3N=C1C2. The molecule has 3 nitrogen and oxygen atoms in total. The first kappa shape index (κ1) is 10.5. The molecule has 0 unspecified atom stereocenters. The van der Waals surface area contributed by atoms with Gasteiger partial charge in [0.05, 0.1) is 22.7 Å². The zero-order valence-corrected chi connectivity index (χ0v) is 10.5. The highest BCUT2D eigenvalue weighted by Crippen LogP contribution is 2.35. The fraction of sp³-hybridized carbons (Fsp3) is 0.125. The van der Waals surface area contributed by atoms with Crippen LogP contribution in [0.15, 0.2) is 58.4 Å². The summed E-state index contributed by atoms with van der Waals surface area (Å²) in [4.78, 5) is 16.6. The molecule has 0 saturated heterocycles. The van der Waals surface area contributed by atoms with Crippen molar-refractivity contribution >= 4 is 17.2 Å². The predicted octanol–water partition coefficient (Wildman–Crippen LogP) is 2.69. The van der Waals surface area contributed by atoms with E-state index in [2.05, 4.69) is 35.4 Å². The summed E-state index contributed by atoms with van der Waals surface area (Å²) in [5.41, 5.74) is 6.88. The lowest BCUT2D eigenvalue weighted by atomic mass is 9.94. The van der Waals surface area contributed by atoms with Gasteiger partial charge in [-0.05, 0) is 36.3 Å². The van der Waals surface area contributed by atoms with Gasteiger partial charge < -0.3 is 5.32 Å². The summed E-state index contributed by atoms with van der Waals surface area (Å²) in [6.07, 6.45) is 6.04. The number of nitrogens with one attached hydrogen (secondary N) is 1. The molecular formula is C16H12N2O. The highest BCUT2D eigenvalue weighted by Gasteiger charge is 2.32. The Bertz CT molecular complexity index is 748. The maximum atomic E-state index is 12.0. The molecular weight excluding hydrogens is 236 g/mol. The van der Waals surface area contributed by atoms with Crippen molar-refractivity contribution in [3.8, 4) is 0 Å². The Kier molecular flexibility index (Phi) is 1.96. The molecule has 1 N–H and O–H groups in total. The van der Waals surface area contributed by atoms with Crippen molar-refractivity contribution in [3.05, 3.63) is 64.5 Å². The zero-order valence-electron chi connectivity index (χ0n) is 10.5. The summed E-state index contributed by atoms with van der Waals surface area (Å²) in [6.45, 7) is 2.07. The van der Waals surface area contributed by atoms with Crippen LogP contribution in [0.5, 0.6) is 0 Å². The highest BCUT2D eigenvalue weighted by molar-refractivity contribution is 6.21. The summed E-state index contributed by atoms with van der Waals surface area (Å²) in [5.74, 6) is 0.0369. The third kappa shape index (κ3) is 1.45. The molecule has 0 spiro atoms. The van der Waals surface area contributed by atoms with Crippen molar-refractivity contribution in [2.75, 3.05) is 5.32 Å². The van der Waals surface area contributed by atoms with Gasteiger partial charge in [-0.3, -0.25) is 9.79 Å². The van der Waals surface area contributed by atoms with Gasteiger partial charge in [0.2, 0.25) is 0 Å². The Morgan fingerprint density at radius 3 is 3.11 bits per heavy atom. The number of anilines is 1. The minimum Gasteiger partial charge on any atom is -0.353 e. The van der Waals surface area contributed by atoms with Gasteiger partial charge in [0, 0.05) is 12.1 Å². The van der Waals surface area contributed by atoms with E-state index < -0.39 is 0 Å². The lowest BCUT2D eigenvalue weighted by Crippen LogP contribution is -2.21. The number of ketones is 1. The van der Waals surface area contributed by atoms with Crippen molar-refractivity contribution < 1.29 is 4.79 Å². The van der Waals surface area contributed by atoms with Crippen molar-refractivity contribution in [1.82, 2.24) is 0 Å². The van der Waals surface area contributed by atoms with Crippen molar-refractivity contribution in [1.29, 1.82) is 0 Å². The molecule has 3 aliphatic rings. The summed E-state index contributed by atoms with van der Waals surface area (Å²) >= 11 is 0. The quantitative estimate of drug-likeness (QED) is 0.767. The van der Waals surface area contributed by atoms with E-state index in [1.54, 1.807) is 12.2 Å². The first-order chi connectivity index (χ1) is 9.22. The van der Waals surface area contributed by atoms with Crippen LogP contribution in [0.4, 0.5) is 5.69 Å². The molecule has 19 heavy (non-hydrogen) atoms. The van der Waals surface area contributed by atoms with Crippen LogP contribution in [0.2, 0.25) is 0 Å². The largest absolute Gasteiger partial charge is 0.353 e. The minimum atomic E-state index is 0.0369. The number of hydrogen-bond acceptors (Lipinski definition) is 3. The molecule has 0 bridgehead atoms. The van der Waals surface area contributed by atoms with Gasteiger partial charge in [-0.25, -0.2) is 0 Å². The first-order valence-corrected chi connectivity index (χ1v) is 6.34. The standard InChI is InChI=1S/C16H12N2O/c1-9-5-6-10-8-13-16(18-12(10)7-9)15-11(17-13)3-2-4-14(15)19/h2-7,18H,8H2,1H3. The third-order valence-electron chi connectivity index (χ3n) is 3.68. The number of carbonyl (C=O) groups excluding carboxylic acids is 1. The number of benzene rings is 1. The molecule has 3 heteroatoms. The Labute approximate surface area is 111 Å². The molecule has 2 heterocycles. The van der Waals surface area contributed by atoms with E-state index in [9.17, 15) is 4.79 Å². The zero-order chi connectivity index (χ0) is 13.0. The van der Waals surface area contributed by atoms with Gasteiger partial charge >= 0.3 is 0 Å². The number of carbonyl (C=O) groups is 1. The van der Waals surface area contributed by atoms with E-state index >= 15 is 0 Å². The number of rotatable bonds is 0. The second-order valence-corrected chi connectivity index (χ2v) is 5.05. The fourth-order valence-corrected chi connectivity index (χ4v) is 2.75. The summed E-state index contributed by atoms with van der Waals surface area (Å²) in [7, 11) is 0. The lowest BCUT2D eigenvalue weighted by molar-refractivity contribution is -0.111. The molecule has 0 fully saturated rings. The maximum absolute atomic E-state index is 12.0. The molecule has 0 atom stereocenters.